The van der Waals surface area contributed by atoms with Gasteiger partial charge in [-0.3, -0.25) is 9.78 Å². The van der Waals surface area contributed by atoms with Gasteiger partial charge in [-0.05, 0) is 52.0 Å². The molecule has 1 fully saturated rings. The molecule has 0 unspecified atom stereocenters. The summed E-state index contributed by atoms with van der Waals surface area (Å²) in [5.74, 6) is 1.48. The highest BCUT2D eigenvalue weighted by Crippen LogP contribution is 2.44. The average molecular weight is 368 g/mol. The Morgan fingerprint density at radius 2 is 1.63 bits per heavy atom. The molecule has 7 heteroatoms. The summed E-state index contributed by atoms with van der Waals surface area (Å²) in [6, 6.07) is 0. The number of aryl methyl sites for hydroxylation is 2. The maximum absolute atomic E-state index is 12.5. The quantitative estimate of drug-likeness (QED) is 0.874. The maximum Gasteiger partial charge on any atom is 0.255 e. The van der Waals surface area contributed by atoms with Crippen molar-refractivity contribution in [1.82, 2.24) is 19.9 Å². The molecule has 4 rings (SSSR count). The summed E-state index contributed by atoms with van der Waals surface area (Å²) < 4.78 is 0. The molecule has 1 N–H and O–H groups in total. The average Bonchev–Trinajstić information content (AvgIpc) is 2.99. The van der Waals surface area contributed by atoms with Gasteiger partial charge in [0.25, 0.3) is 5.56 Å². The normalized spacial score (nSPS) is 18.0. The number of piperidine rings is 1. The van der Waals surface area contributed by atoms with E-state index in [0.717, 1.165) is 72.9 Å². The number of nitrogens with one attached hydrogen (secondary N) is 1. The SMILES string of the molecule is Cc1nc(N2CCC3(CCc4c3nc(N(C)C)[nH]c4=O)CC2)nc(C)c1C. The first-order chi connectivity index (χ1) is 12.8. The van der Waals surface area contributed by atoms with E-state index in [0.29, 0.717) is 5.95 Å². The number of aromatic amines is 1. The zero-order chi connectivity index (χ0) is 19.3. The van der Waals surface area contributed by atoms with Gasteiger partial charge in [-0.15, -0.1) is 0 Å². The van der Waals surface area contributed by atoms with Crippen LogP contribution in [0.2, 0.25) is 0 Å². The van der Waals surface area contributed by atoms with Crippen molar-refractivity contribution >= 4 is 11.9 Å². The fraction of sp³-hybridized carbons (Fsp3) is 0.600. The second-order valence-electron chi connectivity index (χ2n) is 8.20. The summed E-state index contributed by atoms with van der Waals surface area (Å²) in [5, 5.41) is 0. The second-order valence-corrected chi connectivity index (χ2v) is 8.20. The molecule has 2 aromatic heterocycles. The molecule has 0 bridgehead atoms. The minimum absolute atomic E-state index is 0.0135. The van der Waals surface area contributed by atoms with Crippen LogP contribution in [0.15, 0.2) is 4.79 Å². The van der Waals surface area contributed by atoms with Crippen molar-refractivity contribution < 1.29 is 0 Å². The smallest absolute Gasteiger partial charge is 0.255 e. The number of hydrogen-bond donors (Lipinski definition) is 1. The Bertz CT molecular complexity index is 917. The van der Waals surface area contributed by atoms with Crippen molar-refractivity contribution in [2.24, 2.45) is 0 Å². The molecule has 1 saturated heterocycles. The van der Waals surface area contributed by atoms with Crippen LogP contribution in [0.3, 0.4) is 0 Å². The summed E-state index contributed by atoms with van der Waals surface area (Å²) >= 11 is 0. The van der Waals surface area contributed by atoms with Crippen molar-refractivity contribution in [2.45, 2.75) is 51.9 Å². The summed E-state index contributed by atoms with van der Waals surface area (Å²) in [6.07, 6.45) is 3.80. The molecule has 2 aromatic rings. The highest BCUT2D eigenvalue weighted by molar-refractivity contribution is 5.42. The third-order valence-electron chi connectivity index (χ3n) is 6.41. The lowest BCUT2D eigenvalue weighted by atomic mass is 9.76. The zero-order valence-electron chi connectivity index (χ0n) is 16.9. The van der Waals surface area contributed by atoms with E-state index in [9.17, 15) is 4.79 Å². The molecule has 0 aromatic carbocycles. The third kappa shape index (κ3) is 2.89. The number of fused-ring (bicyclic) bond motifs is 2. The van der Waals surface area contributed by atoms with Crippen molar-refractivity contribution in [3.8, 4) is 0 Å². The molecule has 0 saturated carbocycles. The number of anilines is 2. The van der Waals surface area contributed by atoms with Crippen LogP contribution >= 0.6 is 0 Å². The Hall–Kier alpha value is -2.44. The Morgan fingerprint density at radius 1 is 1.00 bits per heavy atom. The van der Waals surface area contributed by atoms with Crippen LogP contribution < -0.4 is 15.4 Å². The minimum atomic E-state index is 0.0135. The van der Waals surface area contributed by atoms with Gasteiger partial charge in [0.15, 0.2) is 0 Å². The molecular weight excluding hydrogens is 340 g/mol. The highest BCUT2D eigenvalue weighted by atomic mass is 16.1. The molecule has 1 spiro atoms. The highest BCUT2D eigenvalue weighted by Gasteiger charge is 2.44. The number of nitrogens with zero attached hydrogens (tertiary/aromatic N) is 5. The van der Waals surface area contributed by atoms with Crippen molar-refractivity contribution in [3.05, 3.63) is 38.6 Å². The molecule has 2 aliphatic rings. The van der Waals surface area contributed by atoms with Gasteiger partial charge >= 0.3 is 0 Å². The van der Waals surface area contributed by atoms with E-state index in [1.165, 1.54) is 0 Å². The van der Waals surface area contributed by atoms with Gasteiger partial charge in [0.05, 0.1) is 5.69 Å². The van der Waals surface area contributed by atoms with Gasteiger partial charge in [-0.25, -0.2) is 15.0 Å². The maximum atomic E-state index is 12.5. The lowest BCUT2D eigenvalue weighted by molar-refractivity contribution is 0.321. The van der Waals surface area contributed by atoms with Gasteiger partial charge in [-0.2, -0.15) is 0 Å². The second kappa shape index (κ2) is 6.32. The fourth-order valence-corrected chi connectivity index (χ4v) is 4.37. The number of rotatable bonds is 2. The minimum Gasteiger partial charge on any atom is -0.348 e. The fourth-order valence-electron chi connectivity index (χ4n) is 4.37. The van der Waals surface area contributed by atoms with E-state index < -0.39 is 0 Å². The molecule has 0 radical (unpaired) electrons. The number of aromatic nitrogens is 4. The summed E-state index contributed by atoms with van der Waals surface area (Å²) in [4.78, 5) is 33.8. The van der Waals surface area contributed by atoms with Crippen LogP contribution in [0.4, 0.5) is 11.9 Å². The van der Waals surface area contributed by atoms with E-state index in [1.54, 1.807) is 0 Å². The first-order valence-corrected chi connectivity index (χ1v) is 9.68. The Labute approximate surface area is 159 Å². The van der Waals surface area contributed by atoms with Crippen LogP contribution in [-0.2, 0) is 11.8 Å². The molecule has 27 heavy (non-hydrogen) atoms. The predicted molar refractivity (Wildman–Crippen MR) is 107 cm³/mol. The summed E-state index contributed by atoms with van der Waals surface area (Å²) in [5.41, 5.74) is 5.20. The van der Waals surface area contributed by atoms with E-state index in [-0.39, 0.29) is 11.0 Å². The van der Waals surface area contributed by atoms with Gasteiger partial charge in [0.1, 0.15) is 0 Å². The predicted octanol–water partition coefficient (Wildman–Crippen LogP) is 2.04. The standard InChI is InChI=1S/C20H28N6O/c1-12-13(2)21-19(22-14(12)3)26-10-8-20(9-11-26)7-6-15-16(20)23-18(25(4)5)24-17(15)27/h6-11H2,1-5H3,(H,23,24,27). The zero-order valence-corrected chi connectivity index (χ0v) is 16.9. The van der Waals surface area contributed by atoms with Crippen LogP contribution in [0.5, 0.6) is 0 Å². The monoisotopic (exact) mass is 368 g/mol. The largest absolute Gasteiger partial charge is 0.348 e. The number of H-pyrrole nitrogens is 1. The van der Waals surface area contributed by atoms with Crippen molar-refractivity contribution in [2.75, 3.05) is 37.0 Å². The van der Waals surface area contributed by atoms with Gasteiger partial charge in [0, 0.05) is 49.6 Å². The Kier molecular flexibility index (Phi) is 4.20. The van der Waals surface area contributed by atoms with Crippen molar-refractivity contribution in [3.63, 3.8) is 0 Å². The molecule has 1 aliphatic heterocycles. The molecule has 144 valence electrons. The Morgan fingerprint density at radius 3 is 2.22 bits per heavy atom. The third-order valence-corrected chi connectivity index (χ3v) is 6.41. The lowest BCUT2D eigenvalue weighted by Crippen LogP contribution is -2.43. The van der Waals surface area contributed by atoms with Crippen LogP contribution in [0.25, 0.3) is 0 Å². The Balaban J connectivity index is 1.61. The molecule has 1 aliphatic carbocycles. The van der Waals surface area contributed by atoms with Gasteiger partial charge in [-0.1, -0.05) is 0 Å². The van der Waals surface area contributed by atoms with Crippen LogP contribution in [-0.4, -0.2) is 47.1 Å². The first kappa shape index (κ1) is 17.9. The molecule has 0 atom stereocenters. The van der Waals surface area contributed by atoms with Crippen LogP contribution in [0.1, 0.15) is 47.5 Å². The molecular formula is C20H28N6O. The van der Waals surface area contributed by atoms with Crippen molar-refractivity contribution in [1.29, 1.82) is 0 Å². The number of hydrogen-bond acceptors (Lipinski definition) is 6. The van der Waals surface area contributed by atoms with E-state index in [2.05, 4.69) is 16.8 Å². The van der Waals surface area contributed by atoms with Gasteiger partial charge in [0.2, 0.25) is 11.9 Å². The molecule has 3 heterocycles. The van der Waals surface area contributed by atoms with Gasteiger partial charge < -0.3 is 9.80 Å². The van der Waals surface area contributed by atoms with E-state index >= 15 is 0 Å². The lowest BCUT2D eigenvalue weighted by Gasteiger charge is -2.39. The summed E-state index contributed by atoms with van der Waals surface area (Å²) in [7, 11) is 3.82. The topological polar surface area (TPSA) is 78.0 Å². The molecule has 7 nitrogen and oxygen atoms in total. The molecule has 0 amide bonds. The first-order valence-electron chi connectivity index (χ1n) is 9.68. The van der Waals surface area contributed by atoms with E-state index in [4.69, 9.17) is 15.0 Å². The van der Waals surface area contributed by atoms with Crippen LogP contribution in [0, 0.1) is 20.8 Å². The summed E-state index contributed by atoms with van der Waals surface area (Å²) in [6.45, 7) is 7.96. The van der Waals surface area contributed by atoms with E-state index in [1.807, 2.05) is 32.8 Å².